The minimum absolute atomic E-state index is 0.294. The molecule has 0 atom stereocenters. The molecule has 1 aromatic carbocycles. The third-order valence-electron chi connectivity index (χ3n) is 2.20. The Morgan fingerprint density at radius 1 is 1.25 bits per heavy atom. The fourth-order valence-corrected chi connectivity index (χ4v) is 1.58. The van der Waals surface area contributed by atoms with Gasteiger partial charge in [-0.05, 0) is 37.6 Å². The molecule has 1 rings (SSSR count). The Balaban J connectivity index is 2.95. The van der Waals surface area contributed by atoms with Crippen LogP contribution in [0.25, 0.3) is 0 Å². The molecule has 5 heteroatoms. The van der Waals surface area contributed by atoms with Gasteiger partial charge in [0.15, 0.2) is 0 Å². The van der Waals surface area contributed by atoms with Crippen molar-refractivity contribution in [3.8, 4) is 0 Å². The van der Waals surface area contributed by atoms with Crippen LogP contribution in [-0.4, -0.2) is 19.3 Å². The Bertz CT molecular complexity index is 340. The summed E-state index contributed by atoms with van der Waals surface area (Å²) in [4.78, 5) is 1.25. The molecule has 0 aliphatic rings. The predicted molar refractivity (Wildman–Crippen MR) is 59.5 cm³/mol. The van der Waals surface area contributed by atoms with E-state index in [9.17, 15) is 13.2 Å². The van der Waals surface area contributed by atoms with Gasteiger partial charge in [-0.3, -0.25) is 0 Å². The minimum atomic E-state index is -4.20. The zero-order chi connectivity index (χ0) is 12.3. The Morgan fingerprint density at radius 3 is 2.31 bits per heavy atom. The van der Waals surface area contributed by atoms with E-state index in [1.54, 1.807) is 32.0 Å². The molecule has 0 saturated heterocycles. The number of benzene rings is 1. The van der Waals surface area contributed by atoms with Crippen LogP contribution in [0, 0.1) is 6.92 Å². The van der Waals surface area contributed by atoms with Gasteiger partial charge in [-0.1, -0.05) is 0 Å². The molecule has 0 fully saturated rings. The predicted octanol–water partition coefficient (Wildman–Crippen LogP) is 2.97. The SMILES string of the molecule is CCN(CC(F)(F)F)c1cc(C)cc(N)c1. The monoisotopic (exact) mass is 232 g/mol. The van der Waals surface area contributed by atoms with Crippen molar-refractivity contribution in [1.82, 2.24) is 0 Å². The molecule has 0 aliphatic heterocycles. The Hall–Kier alpha value is -1.39. The van der Waals surface area contributed by atoms with E-state index >= 15 is 0 Å². The van der Waals surface area contributed by atoms with Gasteiger partial charge in [-0.15, -0.1) is 0 Å². The van der Waals surface area contributed by atoms with E-state index in [2.05, 4.69) is 0 Å². The first-order valence-electron chi connectivity index (χ1n) is 5.00. The van der Waals surface area contributed by atoms with Crippen LogP contribution in [0.15, 0.2) is 18.2 Å². The van der Waals surface area contributed by atoms with Gasteiger partial charge < -0.3 is 10.6 Å². The zero-order valence-corrected chi connectivity index (χ0v) is 9.30. The molecule has 0 bridgehead atoms. The number of aryl methyl sites for hydroxylation is 1. The summed E-state index contributed by atoms with van der Waals surface area (Å²) in [5.74, 6) is 0. The lowest BCUT2D eigenvalue weighted by atomic mass is 10.2. The summed E-state index contributed by atoms with van der Waals surface area (Å²) in [5.41, 5.74) is 7.46. The second-order valence-electron chi connectivity index (χ2n) is 3.73. The van der Waals surface area contributed by atoms with Crippen LogP contribution in [0.1, 0.15) is 12.5 Å². The maximum Gasteiger partial charge on any atom is 0.405 e. The summed E-state index contributed by atoms with van der Waals surface area (Å²) in [7, 11) is 0. The summed E-state index contributed by atoms with van der Waals surface area (Å²) < 4.78 is 36.9. The minimum Gasteiger partial charge on any atom is -0.399 e. The third kappa shape index (κ3) is 3.64. The Labute approximate surface area is 92.9 Å². The van der Waals surface area contributed by atoms with Gasteiger partial charge in [0.05, 0.1) is 0 Å². The molecule has 16 heavy (non-hydrogen) atoms. The van der Waals surface area contributed by atoms with Crippen LogP contribution in [0.2, 0.25) is 0 Å². The normalized spacial score (nSPS) is 11.6. The fourth-order valence-electron chi connectivity index (χ4n) is 1.58. The Morgan fingerprint density at radius 2 is 1.88 bits per heavy atom. The molecule has 0 spiro atoms. The fraction of sp³-hybridized carbons (Fsp3) is 0.455. The average molecular weight is 232 g/mol. The maximum absolute atomic E-state index is 12.3. The Kier molecular flexibility index (Phi) is 3.67. The first-order chi connectivity index (χ1) is 7.31. The largest absolute Gasteiger partial charge is 0.405 e. The van der Waals surface area contributed by atoms with E-state index in [1.165, 1.54) is 4.90 Å². The van der Waals surface area contributed by atoms with E-state index in [-0.39, 0.29) is 0 Å². The van der Waals surface area contributed by atoms with Crippen molar-refractivity contribution in [1.29, 1.82) is 0 Å². The second-order valence-corrected chi connectivity index (χ2v) is 3.73. The third-order valence-corrected chi connectivity index (χ3v) is 2.20. The molecule has 0 aromatic heterocycles. The van der Waals surface area contributed by atoms with E-state index in [4.69, 9.17) is 5.73 Å². The molecule has 2 N–H and O–H groups in total. The summed E-state index contributed by atoms with van der Waals surface area (Å²) in [5, 5.41) is 0. The van der Waals surface area contributed by atoms with E-state index in [0.717, 1.165) is 5.56 Å². The van der Waals surface area contributed by atoms with Crippen molar-refractivity contribution in [3.05, 3.63) is 23.8 Å². The quantitative estimate of drug-likeness (QED) is 0.812. The maximum atomic E-state index is 12.3. The molecule has 0 radical (unpaired) electrons. The lowest BCUT2D eigenvalue weighted by molar-refractivity contribution is -0.119. The van der Waals surface area contributed by atoms with Crippen LogP contribution in [-0.2, 0) is 0 Å². The molecule has 0 unspecified atom stereocenters. The molecule has 0 aliphatic carbocycles. The summed E-state index contributed by atoms with van der Waals surface area (Å²) >= 11 is 0. The van der Waals surface area contributed by atoms with Crippen molar-refractivity contribution in [2.24, 2.45) is 0 Å². The van der Waals surface area contributed by atoms with Gasteiger partial charge in [0.2, 0.25) is 0 Å². The molecular formula is C11H15F3N2. The van der Waals surface area contributed by atoms with Crippen molar-refractivity contribution >= 4 is 11.4 Å². The summed E-state index contributed by atoms with van der Waals surface area (Å²) in [6.07, 6.45) is -4.20. The molecule has 2 nitrogen and oxygen atoms in total. The van der Waals surface area contributed by atoms with Gasteiger partial charge >= 0.3 is 6.18 Å². The number of rotatable bonds is 3. The number of hydrogen-bond acceptors (Lipinski definition) is 2. The number of alkyl halides is 3. The summed E-state index contributed by atoms with van der Waals surface area (Å²) in [6, 6.07) is 4.98. The highest BCUT2D eigenvalue weighted by molar-refractivity contribution is 5.58. The van der Waals surface area contributed by atoms with Crippen molar-refractivity contribution in [2.75, 3.05) is 23.7 Å². The number of hydrogen-bond donors (Lipinski definition) is 1. The molecule has 90 valence electrons. The number of nitrogens with two attached hydrogens (primary N) is 1. The van der Waals surface area contributed by atoms with Gasteiger partial charge in [0.25, 0.3) is 0 Å². The number of nitrogen functional groups attached to an aromatic ring is 1. The van der Waals surface area contributed by atoms with Gasteiger partial charge in [-0.25, -0.2) is 0 Å². The highest BCUT2D eigenvalue weighted by Gasteiger charge is 2.30. The van der Waals surface area contributed by atoms with Gasteiger partial charge in [0, 0.05) is 17.9 Å². The van der Waals surface area contributed by atoms with Crippen LogP contribution in [0.3, 0.4) is 0 Å². The van der Waals surface area contributed by atoms with E-state index in [0.29, 0.717) is 17.9 Å². The standard InChI is InChI=1S/C11H15F3N2/c1-3-16(7-11(12,13)14)10-5-8(2)4-9(15)6-10/h4-6H,3,7,15H2,1-2H3. The van der Waals surface area contributed by atoms with Crippen LogP contribution in [0.4, 0.5) is 24.5 Å². The lowest BCUT2D eigenvalue weighted by Crippen LogP contribution is -2.34. The first kappa shape index (κ1) is 12.7. The van der Waals surface area contributed by atoms with E-state index < -0.39 is 12.7 Å². The highest BCUT2D eigenvalue weighted by atomic mass is 19.4. The van der Waals surface area contributed by atoms with Crippen molar-refractivity contribution in [3.63, 3.8) is 0 Å². The van der Waals surface area contributed by atoms with Crippen LogP contribution in [0.5, 0.6) is 0 Å². The molecule has 0 saturated carbocycles. The lowest BCUT2D eigenvalue weighted by Gasteiger charge is -2.25. The molecule has 0 amide bonds. The summed E-state index contributed by atoms with van der Waals surface area (Å²) in [6.45, 7) is 2.83. The number of nitrogens with zero attached hydrogens (tertiary/aromatic N) is 1. The number of anilines is 2. The van der Waals surface area contributed by atoms with Gasteiger partial charge in [-0.2, -0.15) is 13.2 Å². The number of halogens is 3. The average Bonchev–Trinajstić information content (AvgIpc) is 2.11. The highest BCUT2D eigenvalue weighted by Crippen LogP contribution is 2.24. The van der Waals surface area contributed by atoms with Crippen molar-refractivity contribution < 1.29 is 13.2 Å². The molecule has 1 aromatic rings. The van der Waals surface area contributed by atoms with Crippen molar-refractivity contribution in [2.45, 2.75) is 20.0 Å². The van der Waals surface area contributed by atoms with Gasteiger partial charge in [0.1, 0.15) is 6.54 Å². The zero-order valence-electron chi connectivity index (χ0n) is 9.30. The first-order valence-corrected chi connectivity index (χ1v) is 5.00. The smallest absolute Gasteiger partial charge is 0.399 e. The molecule has 0 heterocycles. The van der Waals surface area contributed by atoms with Crippen LogP contribution < -0.4 is 10.6 Å². The second kappa shape index (κ2) is 4.63. The molecular weight excluding hydrogens is 217 g/mol. The van der Waals surface area contributed by atoms with E-state index in [1.807, 2.05) is 0 Å². The van der Waals surface area contributed by atoms with Crippen LogP contribution >= 0.6 is 0 Å². The topological polar surface area (TPSA) is 29.3 Å².